The monoisotopic (exact) mass is 221 g/mol. The van der Waals surface area contributed by atoms with Crippen molar-refractivity contribution in [3.63, 3.8) is 0 Å². The summed E-state index contributed by atoms with van der Waals surface area (Å²) in [7, 11) is 0. The van der Waals surface area contributed by atoms with Crippen molar-refractivity contribution in [3.8, 4) is 0 Å². The van der Waals surface area contributed by atoms with Gasteiger partial charge in [0.2, 0.25) is 5.91 Å². The van der Waals surface area contributed by atoms with Crippen LogP contribution in [0.5, 0.6) is 0 Å². The van der Waals surface area contributed by atoms with Crippen LogP contribution in [0.3, 0.4) is 0 Å². The predicted molar refractivity (Wildman–Crippen MR) is 59.9 cm³/mol. The predicted octanol–water partition coefficient (Wildman–Crippen LogP) is 1.29. The third-order valence-corrected chi connectivity index (χ3v) is 2.68. The van der Waals surface area contributed by atoms with E-state index in [2.05, 4.69) is 0 Å². The molecule has 0 aliphatic rings. The van der Waals surface area contributed by atoms with E-state index in [4.69, 9.17) is 5.73 Å². The van der Waals surface area contributed by atoms with Gasteiger partial charge >= 0.3 is 5.97 Å². The first-order chi connectivity index (χ1) is 7.55. The average molecular weight is 221 g/mol. The minimum atomic E-state index is -1.60. The van der Waals surface area contributed by atoms with Crippen molar-refractivity contribution < 1.29 is 14.7 Å². The molecule has 1 amide bonds. The summed E-state index contributed by atoms with van der Waals surface area (Å²) >= 11 is 0. The number of carbonyl (C=O) groups is 2. The molecule has 0 saturated carbocycles. The van der Waals surface area contributed by atoms with E-state index in [0.717, 1.165) is 0 Å². The van der Waals surface area contributed by atoms with Gasteiger partial charge in [0.15, 0.2) is 5.41 Å². The van der Waals surface area contributed by atoms with Gasteiger partial charge < -0.3 is 10.8 Å². The molecule has 0 saturated heterocycles. The van der Waals surface area contributed by atoms with E-state index in [1.54, 1.807) is 30.3 Å². The second-order valence-electron chi connectivity index (χ2n) is 3.69. The van der Waals surface area contributed by atoms with Crippen molar-refractivity contribution in [2.45, 2.75) is 25.2 Å². The highest BCUT2D eigenvalue weighted by Crippen LogP contribution is 2.29. The quantitative estimate of drug-likeness (QED) is 0.735. The molecule has 0 aliphatic heterocycles. The Morgan fingerprint density at radius 1 is 1.31 bits per heavy atom. The lowest BCUT2D eigenvalue weighted by Crippen LogP contribution is -2.47. The Bertz CT molecular complexity index is 373. The molecule has 86 valence electrons. The number of hydrogen-bond acceptors (Lipinski definition) is 2. The summed E-state index contributed by atoms with van der Waals surface area (Å²) in [6, 6.07) is 8.41. The van der Waals surface area contributed by atoms with Gasteiger partial charge in [0.05, 0.1) is 0 Å². The fourth-order valence-corrected chi connectivity index (χ4v) is 1.84. The molecular formula is C12H15NO3. The first-order valence-corrected chi connectivity index (χ1v) is 5.14. The number of hydrogen-bond donors (Lipinski definition) is 2. The van der Waals surface area contributed by atoms with Crippen molar-refractivity contribution in [3.05, 3.63) is 35.9 Å². The standard InChI is InChI=1S/C12H15NO3/c1-2-8-12(10(13)14,11(15)16)9-6-4-3-5-7-9/h3-7H,2,8H2,1H3,(H2,13,14)(H,15,16). The smallest absolute Gasteiger partial charge is 0.323 e. The third-order valence-electron chi connectivity index (χ3n) is 2.68. The maximum absolute atomic E-state index is 11.5. The van der Waals surface area contributed by atoms with E-state index >= 15 is 0 Å². The summed E-state index contributed by atoms with van der Waals surface area (Å²) in [6.07, 6.45) is 0.784. The van der Waals surface area contributed by atoms with Crippen LogP contribution in [0.1, 0.15) is 25.3 Å². The normalized spacial score (nSPS) is 14.1. The lowest BCUT2D eigenvalue weighted by molar-refractivity contribution is -0.149. The summed E-state index contributed by atoms with van der Waals surface area (Å²) in [6.45, 7) is 1.82. The molecule has 0 heterocycles. The van der Waals surface area contributed by atoms with Crippen LogP contribution in [0, 0.1) is 0 Å². The van der Waals surface area contributed by atoms with Gasteiger partial charge in [0, 0.05) is 0 Å². The molecule has 0 fully saturated rings. The Balaban J connectivity index is 3.33. The fraction of sp³-hybridized carbons (Fsp3) is 0.333. The van der Waals surface area contributed by atoms with Crippen molar-refractivity contribution in [1.29, 1.82) is 0 Å². The second-order valence-corrected chi connectivity index (χ2v) is 3.69. The molecule has 1 atom stereocenters. The Morgan fingerprint density at radius 2 is 1.88 bits per heavy atom. The van der Waals surface area contributed by atoms with Crippen LogP contribution in [0.25, 0.3) is 0 Å². The van der Waals surface area contributed by atoms with Gasteiger partial charge in [-0.05, 0) is 12.0 Å². The first kappa shape index (κ1) is 12.2. The number of benzene rings is 1. The first-order valence-electron chi connectivity index (χ1n) is 5.14. The molecule has 0 aliphatic carbocycles. The van der Waals surface area contributed by atoms with E-state index < -0.39 is 17.3 Å². The molecule has 1 rings (SSSR count). The zero-order valence-corrected chi connectivity index (χ0v) is 9.14. The Labute approximate surface area is 94.1 Å². The van der Waals surface area contributed by atoms with Gasteiger partial charge in [-0.3, -0.25) is 9.59 Å². The molecular weight excluding hydrogens is 206 g/mol. The molecule has 4 nitrogen and oxygen atoms in total. The summed E-state index contributed by atoms with van der Waals surface area (Å²) in [4.78, 5) is 22.8. The van der Waals surface area contributed by atoms with Crippen LogP contribution in [0.2, 0.25) is 0 Å². The zero-order valence-electron chi connectivity index (χ0n) is 9.14. The number of primary amides is 1. The van der Waals surface area contributed by atoms with Crippen LogP contribution < -0.4 is 5.73 Å². The topological polar surface area (TPSA) is 80.4 Å². The van der Waals surface area contributed by atoms with Gasteiger partial charge in [-0.25, -0.2) is 0 Å². The Morgan fingerprint density at radius 3 is 2.25 bits per heavy atom. The third kappa shape index (κ3) is 1.91. The van der Waals surface area contributed by atoms with E-state index in [-0.39, 0.29) is 6.42 Å². The number of carboxylic acids is 1. The van der Waals surface area contributed by atoms with E-state index in [1.165, 1.54) is 0 Å². The molecule has 1 aromatic carbocycles. The SMILES string of the molecule is CCCC(C(N)=O)(C(=O)O)c1ccccc1. The van der Waals surface area contributed by atoms with E-state index in [9.17, 15) is 14.7 Å². The average Bonchev–Trinajstić information content (AvgIpc) is 2.26. The van der Waals surface area contributed by atoms with Crippen molar-refractivity contribution >= 4 is 11.9 Å². The van der Waals surface area contributed by atoms with Crippen molar-refractivity contribution in [2.24, 2.45) is 5.73 Å². The summed E-state index contributed by atoms with van der Waals surface area (Å²) in [5.41, 5.74) is 4.11. The lowest BCUT2D eigenvalue weighted by Gasteiger charge is -2.25. The molecule has 1 unspecified atom stereocenters. The molecule has 0 spiro atoms. The summed E-state index contributed by atoms with van der Waals surface area (Å²) in [5.74, 6) is -2.00. The van der Waals surface area contributed by atoms with Crippen LogP contribution in [-0.2, 0) is 15.0 Å². The highest BCUT2D eigenvalue weighted by molar-refractivity contribution is 6.07. The maximum atomic E-state index is 11.5. The molecule has 0 radical (unpaired) electrons. The highest BCUT2D eigenvalue weighted by Gasteiger charge is 2.45. The van der Waals surface area contributed by atoms with E-state index in [1.807, 2.05) is 6.92 Å². The number of carboxylic acid groups (broad SMARTS) is 1. The number of carbonyl (C=O) groups excluding carboxylic acids is 1. The lowest BCUT2D eigenvalue weighted by atomic mass is 9.76. The number of rotatable bonds is 5. The molecule has 3 N–H and O–H groups in total. The van der Waals surface area contributed by atoms with Crippen LogP contribution >= 0.6 is 0 Å². The summed E-state index contributed by atoms with van der Waals surface area (Å²) in [5, 5.41) is 9.28. The van der Waals surface area contributed by atoms with Crippen molar-refractivity contribution in [2.75, 3.05) is 0 Å². The Kier molecular flexibility index (Phi) is 3.66. The van der Waals surface area contributed by atoms with Crippen LogP contribution in [0.15, 0.2) is 30.3 Å². The molecule has 0 aromatic heterocycles. The van der Waals surface area contributed by atoms with Crippen LogP contribution in [0.4, 0.5) is 0 Å². The largest absolute Gasteiger partial charge is 0.480 e. The minimum absolute atomic E-state index is 0.210. The Hall–Kier alpha value is -1.84. The molecule has 1 aromatic rings. The fourth-order valence-electron chi connectivity index (χ4n) is 1.84. The molecule has 4 heteroatoms. The molecule has 0 bridgehead atoms. The van der Waals surface area contributed by atoms with Gasteiger partial charge in [-0.15, -0.1) is 0 Å². The van der Waals surface area contributed by atoms with Gasteiger partial charge in [-0.1, -0.05) is 43.7 Å². The molecule has 16 heavy (non-hydrogen) atoms. The van der Waals surface area contributed by atoms with Crippen LogP contribution in [-0.4, -0.2) is 17.0 Å². The zero-order chi connectivity index (χ0) is 12.2. The summed E-state index contributed by atoms with van der Waals surface area (Å²) < 4.78 is 0. The highest BCUT2D eigenvalue weighted by atomic mass is 16.4. The number of aliphatic carboxylic acids is 1. The van der Waals surface area contributed by atoms with Gasteiger partial charge in [-0.2, -0.15) is 0 Å². The van der Waals surface area contributed by atoms with Gasteiger partial charge in [0.25, 0.3) is 0 Å². The number of nitrogens with two attached hydrogens (primary N) is 1. The van der Waals surface area contributed by atoms with Gasteiger partial charge in [0.1, 0.15) is 0 Å². The second kappa shape index (κ2) is 4.79. The van der Waals surface area contributed by atoms with E-state index in [0.29, 0.717) is 12.0 Å². The minimum Gasteiger partial charge on any atom is -0.480 e. The maximum Gasteiger partial charge on any atom is 0.323 e. The van der Waals surface area contributed by atoms with Crippen molar-refractivity contribution in [1.82, 2.24) is 0 Å². The number of amides is 1.